The predicted molar refractivity (Wildman–Crippen MR) is 109 cm³/mol. The van der Waals surface area contributed by atoms with Crippen molar-refractivity contribution in [1.82, 2.24) is 19.9 Å². The van der Waals surface area contributed by atoms with Gasteiger partial charge < -0.3 is 10.2 Å². The summed E-state index contributed by atoms with van der Waals surface area (Å²) in [6.07, 6.45) is 10.3. The van der Waals surface area contributed by atoms with Crippen LogP contribution >= 0.6 is 0 Å². The molecule has 0 aliphatic carbocycles. The van der Waals surface area contributed by atoms with Gasteiger partial charge in [0.05, 0.1) is 6.04 Å². The number of hydrogen-bond acceptors (Lipinski definition) is 5. The topological polar surface area (TPSA) is 71.0 Å². The standard InChI is InChI=1S/C22H21N5O/c28-20(12-11-17-7-2-1-3-8-17)27-16-6-9-18(27)21-22(25-15-14-24-21)26-19-10-4-5-13-23-19/h1-5,7-8,10-15,18H,6,9,16H2,(H,23,25,26). The summed E-state index contributed by atoms with van der Waals surface area (Å²) < 4.78 is 0. The van der Waals surface area contributed by atoms with Gasteiger partial charge >= 0.3 is 0 Å². The highest BCUT2D eigenvalue weighted by Gasteiger charge is 2.32. The van der Waals surface area contributed by atoms with Crippen LogP contribution in [0.3, 0.4) is 0 Å². The fraction of sp³-hybridized carbons (Fsp3) is 0.182. The van der Waals surface area contributed by atoms with Crippen molar-refractivity contribution in [3.05, 3.63) is 84.5 Å². The van der Waals surface area contributed by atoms with Crippen LogP contribution in [0.5, 0.6) is 0 Å². The van der Waals surface area contributed by atoms with E-state index in [1.165, 1.54) is 0 Å². The van der Waals surface area contributed by atoms with E-state index in [1.54, 1.807) is 24.7 Å². The van der Waals surface area contributed by atoms with Crippen LogP contribution in [-0.4, -0.2) is 32.3 Å². The second-order valence-corrected chi connectivity index (χ2v) is 6.56. The molecular weight excluding hydrogens is 350 g/mol. The number of carbonyl (C=O) groups is 1. The van der Waals surface area contributed by atoms with E-state index in [9.17, 15) is 4.79 Å². The minimum Gasteiger partial charge on any atom is -0.330 e. The lowest BCUT2D eigenvalue weighted by Gasteiger charge is -2.24. The molecule has 4 rings (SSSR count). The number of amides is 1. The van der Waals surface area contributed by atoms with Gasteiger partial charge in [0, 0.05) is 31.2 Å². The maximum absolute atomic E-state index is 12.8. The van der Waals surface area contributed by atoms with Crippen molar-refractivity contribution in [2.75, 3.05) is 11.9 Å². The summed E-state index contributed by atoms with van der Waals surface area (Å²) in [7, 11) is 0. The molecule has 0 spiro atoms. The van der Waals surface area contributed by atoms with Crippen LogP contribution in [-0.2, 0) is 4.79 Å². The third-order valence-corrected chi connectivity index (χ3v) is 4.71. The molecule has 6 heteroatoms. The third kappa shape index (κ3) is 4.06. The smallest absolute Gasteiger partial charge is 0.247 e. The van der Waals surface area contributed by atoms with Crippen LogP contribution in [0.4, 0.5) is 11.6 Å². The Balaban J connectivity index is 1.55. The van der Waals surface area contributed by atoms with Gasteiger partial charge in [-0.1, -0.05) is 36.4 Å². The van der Waals surface area contributed by atoms with Crippen molar-refractivity contribution < 1.29 is 4.79 Å². The zero-order chi connectivity index (χ0) is 19.2. The zero-order valence-electron chi connectivity index (χ0n) is 15.4. The number of likely N-dealkylation sites (tertiary alicyclic amines) is 1. The molecule has 1 saturated heterocycles. The number of hydrogen-bond donors (Lipinski definition) is 1. The molecule has 0 saturated carbocycles. The highest BCUT2D eigenvalue weighted by Crippen LogP contribution is 2.34. The van der Waals surface area contributed by atoms with Crippen molar-refractivity contribution in [1.29, 1.82) is 0 Å². The molecule has 28 heavy (non-hydrogen) atoms. The monoisotopic (exact) mass is 371 g/mol. The number of nitrogens with zero attached hydrogens (tertiary/aromatic N) is 4. The number of aromatic nitrogens is 3. The van der Waals surface area contributed by atoms with E-state index in [1.807, 2.05) is 59.5 Å². The van der Waals surface area contributed by atoms with E-state index in [0.717, 1.165) is 24.1 Å². The molecule has 2 aromatic heterocycles. The lowest BCUT2D eigenvalue weighted by Crippen LogP contribution is -2.30. The minimum absolute atomic E-state index is 0.0132. The van der Waals surface area contributed by atoms with Gasteiger partial charge in [0.15, 0.2) is 5.82 Å². The molecule has 140 valence electrons. The van der Waals surface area contributed by atoms with E-state index in [2.05, 4.69) is 20.3 Å². The van der Waals surface area contributed by atoms with Gasteiger partial charge in [-0.25, -0.2) is 9.97 Å². The fourth-order valence-corrected chi connectivity index (χ4v) is 3.39. The molecule has 0 bridgehead atoms. The molecule has 1 aliphatic rings. The SMILES string of the molecule is O=C(C=Cc1ccccc1)N1CCCC1c1nccnc1Nc1ccccn1. The van der Waals surface area contributed by atoms with Crippen LogP contribution in [0.15, 0.2) is 73.2 Å². The van der Waals surface area contributed by atoms with Crippen LogP contribution in [0.1, 0.15) is 30.1 Å². The molecule has 3 heterocycles. The molecule has 1 fully saturated rings. The number of benzene rings is 1. The number of rotatable bonds is 5. The Bertz CT molecular complexity index is 959. The normalized spacial score (nSPS) is 16.4. The number of nitrogens with one attached hydrogen (secondary N) is 1. The summed E-state index contributed by atoms with van der Waals surface area (Å²) in [5.41, 5.74) is 1.77. The quantitative estimate of drug-likeness (QED) is 0.687. The van der Waals surface area contributed by atoms with Gasteiger partial charge in [-0.2, -0.15) is 0 Å². The van der Waals surface area contributed by atoms with Gasteiger partial charge in [-0.3, -0.25) is 9.78 Å². The summed E-state index contributed by atoms with van der Waals surface area (Å²) in [6.45, 7) is 0.711. The molecule has 1 aromatic carbocycles. The largest absolute Gasteiger partial charge is 0.330 e. The van der Waals surface area contributed by atoms with E-state index < -0.39 is 0 Å². The summed E-state index contributed by atoms with van der Waals surface area (Å²) in [4.78, 5) is 28.0. The van der Waals surface area contributed by atoms with E-state index >= 15 is 0 Å². The maximum Gasteiger partial charge on any atom is 0.247 e. The Morgan fingerprint density at radius 3 is 2.64 bits per heavy atom. The molecule has 1 aliphatic heterocycles. The average Bonchev–Trinajstić information content (AvgIpc) is 3.24. The molecule has 1 unspecified atom stereocenters. The summed E-state index contributed by atoms with van der Waals surface area (Å²) in [5, 5.41) is 3.23. The Hall–Kier alpha value is -3.54. The van der Waals surface area contributed by atoms with Crippen molar-refractivity contribution in [2.24, 2.45) is 0 Å². The van der Waals surface area contributed by atoms with Crippen LogP contribution in [0, 0.1) is 0 Å². The molecule has 6 nitrogen and oxygen atoms in total. The Morgan fingerprint density at radius 1 is 1.00 bits per heavy atom. The van der Waals surface area contributed by atoms with Crippen LogP contribution in [0.2, 0.25) is 0 Å². The van der Waals surface area contributed by atoms with E-state index in [-0.39, 0.29) is 11.9 Å². The van der Waals surface area contributed by atoms with E-state index in [4.69, 9.17) is 0 Å². The first-order valence-corrected chi connectivity index (χ1v) is 9.34. The first-order valence-electron chi connectivity index (χ1n) is 9.34. The molecule has 1 atom stereocenters. The minimum atomic E-state index is -0.104. The summed E-state index contributed by atoms with van der Waals surface area (Å²) >= 11 is 0. The number of pyridine rings is 1. The third-order valence-electron chi connectivity index (χ3n) is 4.71. The molecule has 0 radical (unpaired) electrons. The first kappa shape index (κ1) is 17.9. The summed E-state index contributed by atoms with van der Waals surface area (Å²) in [5.74, 6) is 1.32. The first-order chi connectivity index (χ1) is 13.8. The van der Waals surface area contributed by atoms with Crippen LogP contribution < -0.4 is 5.32 Å². The van der Waals surface area contributed by atoms with Gasteiger partial charge in [0.25, 0.3) is 0 Å². The second kappa shape index (κ2) is 8.43. The number of anilines is 2. The highest BCUT2D eigenvalue weighted by molar-refractivity contribution is 5.92. The summed E-state index contributed by atoms with van der Waals surface area (Å²) in [6, 6.07) is 15.4. The highest BCUT2D eigenvalue weighted by atomic mass is 16.2. The molecule has 1 N–H and O–H groups in total. The lowest BCUT2D eigenvalue weighted by molar-refractivity contribution is -0.126. The fourth-order valence-electron chi connectivity index (χ4n) is 3.39. The van der Waals surface area contributed by atoms with Gasteiger partial charge in [0.2, 0.25) is 5.91 Å². The van der Waals surface area contributed by atoms with Crippen molar-refractivity contribution in [3.8, 4) is 0 Å². The molecular formula is C22H21N5O. The Labute approximate surface area is 164 Å². The molecule has 1 amide bonds. The van der Waals surface area contributed by atoms with Crippen molar-refractivity contribution in [3.63, 3.8) is 0 Å². The van der Waals surface area contributed by atoms with Gasteiger partial charge in [-0.15, -0.1) is 0 Å². The van der Waals surface area contributed by atoms with Crippen molar-refractivity contribution in [2.45, 2.75) is 18.9 Å². The van der Waals surface area contributed by atoms with E-state index in [0.29, 0.717) is 18.2 Å². The second-order valence-electron chi connectivity index (χ2n) is 6.56. The molecule has 3 aromatic rings. The van der Waals surface area contributed by atoms with Gasteiger partial charge in [-0.05, 0) is 36.6 Å². The van der Waals surface area contributed by atoms with Gasteiger partial charge in [0.1, 0.15) is 11.5 Å². The average molecular weight is 371 g/mol. The number of carbonyl (C=O) groups excluding carboxylic acids is 1. The Kier molecular flexibility index (Phi) is 5.38. The van der Waals surface area contributed by atoms with Crippen molar-refractivity contribution >= 4 is 23.6 Å². The maximum atomic E-state index is 12.8. The predicted octanol–water partition coefficient (Wildman–Crippen LogP) is 3.99. The van der Waals surface area contributed by atoms with Crippen LogP contribution in [0.25, 0.3) is 6.08 Å². The lowest BCUT2D eigenvalue weighted by atomic mass is 10.1. The Morgan fingerprint density at radius 2 is 1.82 bits per heavy atom. The zero-order valence-corrected chi connectivity index (χ0v) is 15.4.